The van der Waals surface area contributed by atoms with Gasteiger partial charge in [-0.15, -0.1) is 0 Å². The molecule has 60 valence electrons. The Morgan fingerprint density at radius 3 is 2.64 bits per heavy atom. The minimum Gasteiger partial charge on any atom is -0.0654 e. The zero-order chi connectivity index (χ0) is 8.10. The predicted molar refractivity (Wildman–Crippen MR) is 52.8 cm³/mol. The second kappa shape index (κ2) is 4.55. The van der Waals surface area contributed by atoms with E-state index in [2.05, 4.69) is 47.1 Å². The molecule has 0 saturated carbocycles. The first kappa shape index (κ1) is 8.79. The van der Waals surface area contributed by atoms with Crippen molar-refractivity contribution in [2.24, 2.45) is 0 Å². The summed E-state index contributed by atoms with van der Waals surface area (Å²) in [7, 11) is 0. The van der Waals surface area contributed by atoms with Crippen LogP contribution >= 0.6 is 15.9 Å². The molecule has 0 spiro atoms. The van der Waals surface area contributed by atoms with Crippen LogP contribution in [0.25, 0.3) is 0 Å². The van der Waals surface area contributed by atoms with E-state index in [1.165, 1.54) is 29.3 Å². The summed E-state index contributed by atoms with van der Waals surface area (Å²) in [6.45, 7) is 2.22. The maximum Gasteiger partial charge on any atom is 0.0207 e. The van der Waals surface area contributed by atoms with E-state index >= 15 is 0 Å². The van der Waals surface area contributed by atoms with Crippen molar-refractivity contribution in [3.63, 3.8) is 0 Å². The summed E-state index contributed by atoms with van der Waals surface area (Å²) in [4.78, 5) is 0. The Balaban J connectivity index is 2.62. The lowest BCUT2D eigenvalue weighted by Gasteiger charge is -2.01. The van der Waals surface area contributed by atoms with Gasteiger partial charge in [0.1, 0.15) is 0 Å². The Morgan fingerprint density at radius 1 is 1.27 bits per heavy atom. The summed E-state index contributed by atoms with van der Waals surface area (Å²) >= 11 is 3.53. The summed E-state index contributed by atoms with van der Waals surface area (Å²) in [5, 5.41) is 0. The summed E-state index contributed by atoms with van der Waals surface area (Å²) in [5.74, 6) is 0. The maximum absolute atomic E-state index is 3.53. The van der Waals surface area contributed by atoms with Crippen LogP contribution in [-0.2, 0) is 6.42 Å². The van der Waals surface area contributed by atoms with Gasteiger partial charge in [-0.2, -0.15) is 0 Å². The van der Waals surface area contributed by atoms with E-state index in [4.69, 9.17) is 0 Å². The molecule has 0 bridgehead atoms. The SMILES string of the molecule is CCCCc1ccccc1Br. The molecular weight excluding hydrogens is 200 g/mol. The van der Waals surface area contributed by atoms with Crippen LogP contribution in [0.5, 0.6) is 0 Å². The predicted octanol–water partition coefficient (Wildman–Crippen LogP) is 3.79. The van der Waals surface area contributed by atoms with Gasteiger partial charge in [0.25, 0.3) is 0 Å². The minimum atomic E-state index is 1.19. The van der Waals surface area contributed by atoms with Gasteiger partial charge >= 0.3 is 0 Å². The normalized spacial score (nSPS) is 10.0. The van der Waals surface area contributed by atoms with Crippen molar-refractivity contribution in [2.75, 3.05) is 0 Å². The molecule has 0 aliphatic carbocycles. The Labute approximate surface area is 76.8 Å². The molecule has 1 rings (SSSR count). The molecular formula is C10H13Br. The summed E-state index contributed by atoms with van der Waals surface area (Å²) < 4.78 is 1.24. The van der Waals surface area contributed by atoms with Gasteiger partial charge in [-0.25, -0.2) is 0 Å². The Morgan fingerprint density at radius 2 is 2.00 bits per heavy atom. The van der Waals surface area contributed by atoms with Crippen LogP contribution < -0.4 is 0 Å². The van der Waals surface area contributed by atoms with E-state index < -0.39 is 0 Å². The second-order valence-electron chi connectivity index (χ2n) is 2.69. The first-order valence-electron chi connectivity index (χ1n) is 4.08. The highest BCUT2D eigenvalue weighted by atomic mass is 79.9. The summed E-state index contributed by atoms with van der Waals surface area (Å²) in [5.41, 5.74) is 1.43. The van der Waals surface area contributed by atoms with Crippen molar-refractivity contribution in [3.8, 4) is 0 Å². The van der Waals surface area contributed by atoms with Gasteiger partial charge in [0.2, 0.25) is 0 Å². The average molecular weight is 213 g/mol. The zero-order valence-electron chi connectivity index (χ0n) is 6.81. The fraction of sp³-hybridized carbons (Fsp3) is 0.400. The van der Waals surface area contributed by atoms with Crippen LogP contribution in [0.4, 0.5) is 0 Å². The van der Waals surface area contributed by atoms with Crippen molar-refractivity contribution in [1.82, 2.24) is 0 Å². The zero-order valence-corrected chi connectivity index (χ0v) is 8.39. The first-order chi connectivity index (χ1) is 5.34. The molecule has 0 N–H and O–H groups in total. The lowest BCUT2D eigenvalue weighted by atomic mass is 10.1. The van der Waals surface area contributed by atoms with Crippen LogP contribution in [0.2, 0.25) is 0 Å². The standard InChI is InChI=1S/C10H13Br/c1-2-3-6-9-7-4-5-8-10(9)11/h4-5,7-8H,2-3,6H2,1H3. The maximum atomic E-state index is 3.53. The van der Waals surface area contributed by atoms with Crippen molar-refractivity contribution >= 4 is 15.9 Å². The number of unbranched alkanes of at least 4 members (excludes halogenated alkanes) is 1. The molecule has 0 saturated heterocycles. The van der Waals surface area contributed by atoms with Crippen LogP contribution in [0.1, 0.15) is 25.3 Å². The van der Waals surface area contributed by atoms with Gasteiger partial charge < -0.3 is 0 Å². The molecule has 1 aromatic rings. The highest BCUT2D eigenvalue weighted by Crippen LogP contribution is 2.17. The van der Waals surface area contributed by atoms with Crippen LogP contribution in [0.3, 0.4) is 0 Å². The molecule has 0 aromatic heterocycles. The molecule has 0 aliphatic heterocycles. The molecule has 0 unspecified atom stereocenters. The van der Waals surface area contributed by atoms with Crippen molar-refractivity contribution in [3.05, 3.63) is 34.3 Å². The molecule has 1 heteroatoms. The van der Waals surface area contributed by atoms with E-state index in [1.54, 1.807) is 0 Å². The molecule has 0 radical (unpaired) electrons. The molecule has 1 aromatic carbocycles. The minimum absolute atomic E-state index is 1.19. The summed E-state index contributed by atoms with van der Waals surface area (Å²) in [6, 6.07) is 8.43. The Hall–Kier alpha value is -0.300. The topological polar surface area (TPSA) is 0 Å². The van der Waals surface area contributed by atoms with Gasteiger partial charge in [0, 0.05) is 4.47 Å². The van der Waals surface area contributed by atoms with Gasteiger partial charge in [0.05, 0.1) is 0 Å². The molecule has 0 nitrogen and oxygen atoms in total. The van der Waals surface area contributed by atoms with Gasteiger partial charge in [-0.3, -0.25) is 0 Å². The largest absolute Gasteiger partial charge is 0.0654 e. The monoisotopic (exact) mass is 212 g/mol. The number of aryl methyl sites for hydroxylation is 1. The molecule has 11 heavy (non-hydrogen) atoms. The first-order valence-corrected chi connectivity index (χ1v) is 4.87. The lowest BCUT2D eigenvalue weighted by Crippen LogP contribution is -1.84. The Bertz CT molecular complexity index is 218. The number of rotatable bonds is 3. The molecule has 0 heterocycles. The molecule has 0 atom stereocenters. The van der Waals surface area contributed by atoms with E-state index in [-0.39, 0.29) is 0 Å². The smallest absolute Gasteiger partial charge is 0.0207 e. The second-order valence-corrected chi connectivity index (χ2v) is 3.55. The molecule has 0 fully saturated rings. The van der Waals surface area contributed by atoms with Crippen LogP contribution in [0, 0.1) is 0 Å². The highest BCUT2D eigenvalue weighted by Gasteiger charge is 1.95. The Kier molecular flexibility index (Phi) is 3.64. The number of halogens is 1. The van der Waals surface area contributed by atoms with E-state index in [1.807, 2.05) is 0 Å². The third-order valence-corrected chi connectivity index (χ3v) is 2.53. The van der Waals surface area contributed by atoms with Crippen LogP contribution in [0.15, 0.2) is 28.7 Å². The molecule has 0 amide bonds. The van der Waals surface area contributed by atoms with E-state index in [0.717, 1.165) is 0 Å². The average Bonchev–Trinajstić information content (AvgIpc) is 2.03. The highest BCUT2D eigenvalue weighted by molar-refractivity contribution is 9.10. The summed E-state index contributed by atoms with van der Waals surface area (Å²) in [6.07, 6.45) is 3.74. The van der Waals surface area contributed by atoms with Gasteiger partial charge in [0.15, 0.2) is 0 Å². The number of hydrogen-bond donors (Lipinski definition) is 0. The lowest BCUT2D eigenvalue weighted by molar-refractivity contribution is 0.793. The van der Waals surface area contributed by atoms with Gasteiger partial charge in [-0.1, -0.05) is 47.5 Å². The van der Waals surface area contributed by atoms with Crippen molar-refractivity contribution < 1.29 is 0 Å². The van der Waals surface area contributed by atoms with Crippen LogP contribution in [-0.4, -0.2) is 0 Å². The fourth-order valence-corrected chi connectivity index (χ4v) is 1.55. The fourth-order valence-electron chi connectivity index (χ4n) is 1.07. The third kappa shape index (κ3) is 2.66. The number of benzene rings is 1. The third-order valence-electron chi connectivity index (χ3n) is 1.76. The molecule has 0 aliphatic rings. The number of hydrogen-bond acceptors (Lipinski definition) is 0. The van der Waals surface area contributed by atoms with Crippen molar-refractivity contribution in [1.29, 1.82) is 0 Å². The van der Waals surface area contributed by atoms with E-state index in [0.29, 0.717) is 0 Å². The quantitative estimate of drug-likeness (QED) is 0.716. The van der Waals surface area contributed by atoms with Crippen molar-refractivity contribution in [2.45, 2.75) is 26.2 Å². The van der Waals surface area contributed by atoms with E-state index in [9.17, 15) is 0 Å². The van der Waals surface area contributed by atoms with Gasteiger partial charge in [-0.05, 0) is 24.5 Å².